The second kappa shape index (κ2) is 5.01. The van der Waals surface area contributed by atoms with E-state index in [4.69, 9.17) is 21.4 Å². The number of aryl methyl sites for hydroxylation is 1. The minimum atomic E-state index is -1.11. The molecule has 2 aromatic rings. The van der Waals surface area contributed by atoms with E-state index in [1.54, 1.807) is 19.2 Å². The molecule has 1 heterocycles. The molecule has 0 aliphatic rings. The van der Waals surface area contributed by atoms with Gasteiger partial charge in [-0.25, -0.2) is 9.78 Å². The monoisotopic (exact) mass is 264 g/mol. The molecular formula is C12H9ClN2O3. The second-order valence-electron chi connectivity index (χ2n) is 3.50. The summed E-state index contributed by atoms with van der Waals surface area (Å²) in [6.07, 6.45) is 3.04. The second-order valence-corrected chi connectivity index (χ2v) is 3.90. The van der Waals surface area contributed by atoms with Crippen LogP contribution in [0.25, 0.3) is 0 Å². The van der Waals surface area contributed by atoms with E-state index in [9.17, 15) is 4.79 Å². The van der Waals surface area contributed by atoms with Gasteiger partial charge in [0.15, 0.2) is 0 Å². The zero-order chi connectivity index (χ0) is 13.1. The molecule has 2 rings (SSSR count). The molecule has 0 aliphatic carbocycles. The number of carboxylic acid groups (broad SMARTS) is 1. The minimum absolute atomic E-state index is 0.0179. The van der Waals surface area contributed by atoms with Gasteiger partial charge in [-0.2, -0.15) is 0 Å². The summed E-state index contributed by atoms with van der Waals surface area (Å²) in [6.45, 7) is 1.75. The number of ether oxygens (including phenoxy) is 1. The van der Waals surface area contributed by atoms with Crippen LogP contribution in [0, 0.1) is 6.92 Å². The van der Waals surface area contributed by atoms with E-state index in [-0.39, 0.29) is 10.6 Å². The van der Waals surface area contributed by atoms with Crippen molar-refractivity contribution in [1.29, 1.82) is 0 Å². The van der Waals surface area contributed by atoms with Crippen LogP contribution >= 0.6 is 11.6 Å². The van der Waals surface area contributed by atoms with Gasteiger partial charge in [-0.3, -0.25) is 4.98 Å². The molecule has 1 aromatic heterocycles. The normalized spacial score (nSPS) is 10.1. The standard InChI is InChI=1S/C12H9ClN2O3/c1-7-11(15-5-4-14-7)18-8-2-3-10(13)9(6-8)12(16)17/h2-6H,1H3,(H,16,17). The lowest BCUT2D eigenvalue weighted by atomic mass is 10.2. The number of carboxylic acids is 1. The predicted octanol–water partition coefficient (Wildman–Crippen LogP) is 2.93. The third kappa shape index (κ3) is 2.57. The van der Waals surface area contributed by atoms with Crippen molar-refractivity contribution in [2.24, 2.45) is 0 Å². The van der Waals surface area contributed by atoms with Gasteiger partial charge in [-0.05, 0) is 25.1 Å². The lowest BCUT2D eigenvalue weighted by Crippen LogP contribution is -1.99. The summed E-state index contributed by atoms with van der Waals surface area (Å²) in [5, 5.41) is 9.10. The number of nitrogens with zero attached hydrogens (tertiary/aromatic N) is 2. The predicted molar refractivity (Wildman–Crippen MR) is 65.3 cm³/mol. The Hall–Kier alpha value is -2.14. The van der Waals surface area contributed by atoms with Crippen LogP contribution in [0.2, 0.25) is 5.02 Å². The van der Waals surface area contributed by atoms with Crippen LogP contribution in [0.15, 0.2) is 30.6 Å². The highest BCUT2D eigenvalue weighted by molar-refractivity contribution is 6.33. The lowest BCUT2D eigenvalue weighted by Gasteiger charge is -2.07. The van der Waals surface area contributed by atoms with Crippen LogP contribution < -0.4 is 4.74 Å². The number of rotatable bonds is 3. The molecule has 1 N–H and O–H groups in total. The van der Waals surface area contributed by atoms with Crippen LogP contribution in [0.4, 0.5) is 0 Å². The third-order valence-corrected chi connectivity index (χ3v) is 2.55. The number of benzene rings is 1. The lowest BCUT2D eigenvalue weighted by molar-refractivity contribution is 0.0696. The largest absolute Gasteiger partial charge is 0.478 e. The van der Waals surface area contributed by atoms with Gasteiger partial charge in [-0.15, -0.1) is 0 Å². The molecule has 0 saturated heterocycles. The first kappa shape index (κ1) is 12.3. The van der Waals surface area contributed by atoms with E-state index in [0.29, 0.717) is 17.3 Å². The first-order valence-corrected chi connectivity index (χ1v) is 5.44. The van der Waals surface area contributed by atoms with Gasteiger partial charge < -0.3 is 9.84 Å². The topological polar surface area (TPSA) is 72.3 Å². The van der Waals surface area contributed by atoms with Crippen molar-refractivity contribution in [2.75, 3.05) is 0 Å². The Morgan fingerprint density at radius 2 is 2.06 bits per heavy atom. The number of aromatic carboxylic acids is 1. The van der Waals surface area contributed by atoms with E-state index in [1.165, 1.54) is 18.3 Å². The van der Waals surface area contributed by atoms with Gasteiger partial charge in [0.1, 0.15) is 5.75 Å². The Kier molecular flexibility index (Phi) is 3.43. The van der Waals surface area contributed by atoms with Gasteiger partial charge in [0, 0.05) is 12.4 Å². The molecule has 18 heavy (non-hydrogen) atoms. The number of hydrogen-bond acceptors (Lipinski definition) is 4. The minimum Gasteiger partial charge on any atom is -0.478 e. The summed E-state index contributed by atoms with van der Waals surface area (Å²) in [7, 11) is 0. The Bertz CT molecular complexity index is 602. The fourth-order valence-electron chi connectivity index (χ4n) is 1.34. The van der Waals surface area contributed by atoms with E-state index >= 15 is 0 Å². The fourth-order valence-corrected chi connectivity index (χ4v) is 1.54. The molecule has 0 fully saturated rings. The van der Waals surface area contributed by atoms with Crippen LogP contribution in [0.1, 0.15) is 16.1 Å². The summed E-state index contributed by atoms with van der Waals surface area (Å²) in [5.74, 6) is -0.433. The number of halogens is 1. The maximum absolute atomic E-state index is 10.9. The molecule has 0 amide bonds. The molecule has 1 aromatic carbocycles. The molecule has 6 heteroatoms. The van der Waals surface area contributed by atoms with Gasteiger partial charge in [0.05, 0.1) is 16.3 Å². The van der Waals surface area contributed by atoms with E-state index in [0.717, 1.165) is 0 Å². The first-order chi connectivity index (χ1) is 8.58. The molecule has 0 saturated carbocycles. The zero-order valence-corrected chi connectivity index (χ0v) is 10.2. The van der Waals surface area contributed by atoms with Crippen LogP contribution in [0.5, 0.6) is 11.6 Å². The van der Waals surface area contributed by atoms with Crippen LogP contribution in [0.3, 0.4) is 0 Å². The van der Waals surface area contributed by atoms with Gasteiger partial charge in [-0.1, -0.05) is 11.6 Å². The number of aromatic nitrogens is 2. The summed E-state index contributed by atoms with van der Waals surface area (Å²) in [4.78, 5) is 19.0. The molecule has 5 nitrogen and oxygen atoms in total. The van der Waals surface area contributed by atoms with Crippen molar-refractivity contribution < 1.29 is 14.6 Å². The zero-order valence-electron chi connectivity index (χ0n) is 9.42. The maximum atomic E-state index is 10.9. The smallest absolute Gasteiger partial charge is 0.337 e. The fraction of sp³-hybridized carbons (Fsp3) is 0.0833. The van der Waals surface area contributed by atoms with Crippen molar-refractivity contribution in [1.82, 2.24) is 9.97 Å². The van der Waals surface area contributed by atoms with E-state index in [1.807, 2.05) is 0 Å². The SMILES string of the molecule is Cc1nccnc1Oc1ccc(Cl)c(C(=O)O)c1. The highest BCUT2D eigenvalue weighted by atomic mass is 35.5. The Balaban J connectivity index is 2.33. The molecular weight excluding hydrogens is 256 g/mol. The highest BCUT2D eigenvalue weighted by Crippen LogP contribution is 2.26. The van der Waals surface area contributed by atoms with Gasteiger partial charge in [0.2, 0.25) is 5.88 Å². The van der Waals surface area contributed by atoms with Gasteiger partial charge in [0.25, 0.3) is 0 Å². The number of carbonyl (C=O) groups is 1. The Labute approximate surface area is 108 Å². The molecule has 0 unspecified atom stereocenters. The molecule has 0 spiro atoms. The molecule has 0 bridgehead atoms. The van der Waals surface area contributed by atoms with Crippen molar-refractivity contribution in [3.8, 4) is 11.6 Å². The summed E-state index contributed by atoms with van der Waals surface area (Å²) < 4.78 is 5.46. The molecule has 92 valence electrons. The Morgan fingerprint density at radius 3 is 2.72 bits per heavy atom. The Morgan fingerprint density at radius 1 is 1.33 bits per heavy atom. The summed E-state index contributed by atoms with van der Waals surface area (Å²) >= 11 is 5.76. The summed E-state index contributed by atoms with van der Waals surface area (Å²) in [6, 6.07) is 4.38. The third-order valence-electron chi connectivity index (χ3n) is 2.22. The summed E-state index contributed by atoms with van der Waals surface area (Å²) in [5.41, 5.74) is 0.597. The average Bonchev–Trinajstić information content (AvgIpc) is 2.34. The maximum Gasteiger partial charge on any atom is 0.337 e. The average molecular weight is 265 g/mol. The van der Waals surface area contributed by atoms with Crippen LogP contribution in [-0.4, -0.2) is 21.0 Å². The van der Waals surface area contributed by atoms with E-state index in [2.05, 4.69) is 9.97 Å². The quantitative estimate of drug-likeness (QED) is 0.923. The van der Waals surface area contributed by atoms with Crippen LogP contribution in [-0.2, 0) is 0 Å². The van der Waals surface area contributed by atoms with Crippen molar-refractivity contribution >= 4 is 17.6 Å². The van der Waals surface area contributed by atoms with Gasteiger partial charge >= 0.3 is 5.97 Å². The first-order valence-electron chi connectivity index (χ1n) is 5.06. The van der Waals surface area contributed by atoms with Crippen molar-refractivity contribution in [3.63, 3.8) is 0 Å². The highest BCUT2D eigenvalue weighted by Gasteiger charge is 2.11. The molecule has 0 atom stereocenters. The van der Waals surface area contributed by atoms with E-state index < -0.39 is 5.97 Å². The van der Waals surface area contributed by atoms with Crippen molar-refractivity contribution in [2.45, 2.75) is 6.92 Å². The molecule has 0 radical (unpaired) electrons. The molecule has 0 aliphatic heterocycles. The number of hydrogen-bond donors (Lipinski definition) is 1. The van der Waals surface area contributed by atoms with Crippen molar-refractivity contribution in [3.05, 3.63) is 46.9 Å².